The molecule has 7 heteroatoms. The molecule has 0 unspecified atom stereocenters. The van der Waals surface area contributed by atoms with Crippen LogP contribution in [0.25, 0.3) is 22.6 Å². The van der Waals surface area contributed by atoms with Gasteiger partial charge in [0.2, 0.25) is 11.8 Å². The number of carbonyl (C=O) groups excluding carboxylic acids is 2. The maximum absolute atomic E-state index is 14.0. The molecule has 2 heterocycles. The van der Waals surface area contributed by atoms with Crippen molar-refractivity contribution < 1.29 is 23.1 Å². The number of halogens is 1. The van der Waals surface area contributed by atoms with Crippen LogP contribution in [0, 0.1) is 11.7 Å². The second-order valence-corrected chi connectivity index (χ2v) is 6.31. The molecular weight excluding hydrogens is 351 g/mol. The minimum atomic E-state index is -0.473. The van der Waals surface area contributed by atoms with Gasteiger partial charge in [-0.25, -0.2) is 9.37 Å². The summed E-state index contributed by atoms with van der Waals surface area (Å²) in [5, 5.41) is 0. The first-order valence-electron chi connectivity index (χ1n) is 8.69. The van der Waals surface area contributed by atoms with Gasteiger partial charge in [0.1, 0.15) is 11.3 Å². The van der Waals surface area contributed by atoms with Gasteiger partial charge in [0, 0.05) is 18.7 Å². The predicted octanol–water partition coefficient (Wildman–Crippen LogP) is 3.55. The van der Waals surface area contributed by atoms with Crippen LogP contribution in [-0.4, -0.2) is 30.0 Å². The molecule has 0 bridgehead atoms. The summed E-state index contributed by atoms with van der Waals surface area (Å²) >= 11 is 0. The predicted molar refractivity (Wildman–Crippen MR) is 96.5 cm³/mol. The Morgan fingerprint density at radius 3 is 2.93 bits per heavy atom. The van der Waals surface area contributed by atoms with Crippen LogP contribution in [0.2, 0.25) is 0 Å². The number of amides is 1. The molecule has 1 aliphatic heterocycles. The second-order valence-electron chi connectivity index (χ2n) is 6.31. The van der Waals surface area contributed by atoms with E-state index in [2.05, 4.69) is 4.98 Å². The van der Waals surface area contributed by atoms with Crippen molar-refractivity contribution in [3.63, 3.8) is 0 Å². The Hall–Kier alpha value is -3.22. The molecule has 1 aliphatic rings. The van der Waals surface area contributed by atoms with Gasteiger partial charge < -0.3 is 14.1 Å². The van der Waals surface area contributed by atoms with E-state index in [1.807, 2.05) is 0 Å². The van der Waals surface area contributed by atoms with Crippen molar-refractivity contribution in [3.05, 3.63) is 48.3 Å². The lowest BCUT2D eigenvalue weighted by molar-refractivity contribution is -0.147. The van der Waals surface area contributed by atoms with Crippen LogP contribution in [0.3, 0.4) is 0 Å². The number of carbonyl (C=O) groups is 2. The molecule has 1 fully saturated rings. The molecule has 1 saturated heterocycles. The average molecular weight is 368 g/mol. The molecule has 1 aromatic heterocycles. The molecule has 2 aromatic carbocycles. The van der Waals surface area contributed by atoms with Gasteiger partial charge in [-0.05, 0) is 37.3 Å². The first kappa shape index (κ1) is 17.2. The standard InChI is InChI=1S/C20H17FN2O4/c1-2-26-20(25)12-9-18(24)23(11-12)13-7-8-17-16(10-13)22-19(27-17)14-5-3-4-6-15(14)21/h3-8,10,12H,2,9,11H2,1H3/t12-/m1/s1. The maximum atomic E-state index is 14.0. The van der Waals surface area contributed by atoms with Gasteiger partial charge >= 0.3 is 5.97 Å². The number of rotatable bonds is 4. The lowest BCUT2D eigenvalue weighted by Gasteiger charge is -2.16. The van der Waals surface area contributed by atoms with Gasteiger partial charge in [-0.1, -0.05) is 12.1 Å². The number of hydrogen-bond donors (Lipinski definition) is 0. The fraction of sp³-hybridized carbons (Fsp3) is 0.250. The Morgan fingerprint density at radius 1 is 1.33 bits per heavy atom. The Kier molecular flexibility index (Phi) is 4.35. The van der Waals surface area contributed by atoms with Crippen LogP contribution in [0.5, 0.6) is 0 Å². The zero-order valence-electron chi connectivity index (χ0n) is 14.6. The highest BCUT2D eigenvalue weighted by Gasteiger charge is 2.36. The summed E-state index contributed by atoms with van der Waals surface area (Å²) in [7, 11) is 0. The summed E-state index contributed by atoms with van der Waals surface area (Å²) in [6, 6.07) is 11.4. The van der Waals surface area contributed by atoms with E-state index in [1.54, 1.807) is 48.2 Å². The van der Waals surface area contributed by atoms with Gasteiger partial charge in [-0.3, -0.25) is 9.59 Å². The van der Waals surface area contributed by atoms with E-state index < -0.39 is 11.7 Å². The van der Waals surface area contributed by atoms with Crippen LogP contribution >= 0.6 is 0 Å². The van der Waals surface area contributed by atoms with Crippen molar-refractivity contribution in [1.29, 1.82) is 0 Å². The van der Waals surface area contributed by atoms with Crippen LogP contribution in [-0.2, 0) is 14.3 Å². The topological polar surface area (TPSA) is 72.6 Å². The first-order chi connectivity index (χ1) is 13.1. The molecule has 0 aliphatic carbocycles. The van der Waals surface area contributed by atoms with E-state index in [1.165, 1.54) is 6.07 Å². The normalized spacial score (nSPS) is 16.9. The van der Waals surface area contributed by atoms with Crippen LogP contribution in [0.4, 0.5) is 10.1 Å². The van der Waals surface area contributed by atoms with Gasteiger partial charge in [0.15, 0.2) is 5.58 Å². The van der Waals surface area contributed by atoms with Gasteiger partial charge in [-0.2, -0.15) is 0 Å². The monoisotopic (exact) mass is 368 g/mol. The van der Waals surface area contributed by atoms with Crippen molar-refractivity contribution in [3.8, 4) is 11.5 Å². The molecule has 1 amide bonds. The number of aromatic nitrogens is 1. The summed E-state index contributed by atoms with van der Waals surface area (Å²) in [6.07, 6.45) is 0.121. The minimum Gasteiger partial charge on any atom is -0.466 e. The van der Waals surface area contributed by atoms with E-state index in [0.29, 0.717) is 16.8 Å². The summed E-state index contributed by atoms with van der Waals surface area (Å²) < 4.78 is 24.6. The number of ether oxygens (including phenoxy) is 1. The Morgan fingerprint density at radius 2 is 2.15 bits per heavy atom. The molecule has 27 heavy (non-hydrogen) atoms. The lowest BCUT2D eigenvalue weighted by atomic mass is 10.1. The first-order valence-corrected chi connectivity index (χ1v) is 8.69. The zero-order valence-corrected chi connectivity index (χ0v) is 14.6. The molecule has 0 saturated carbocycles. The second kappa shape index (κ2) is 6.83. The lowest BCUT2D eigenvalue weighted by Crippen LogP contribution is -2.26. The van der Waals surface area contributed by atoms with E-state index in [4.69, 9.17) is 9.15 Å². The Labute approximate surface area is 154 Å². The smallest absolute Gasteiger partial charge is 0.311 e. The van der Waals surface area contributed by atoms with Crippen LogP contribution in [0.1, 0.15) is 13.3 Å². The average Bonchev–Trinajstić information content (AvgIpc) is 3.25. The van der Waals surface area contributed by atoms with Crippen molar-refractivity contribution in [2.45, 2.75) is 13.3 Å². The number of oxazole rings is 1. The highest BCUT2D eigenvalue weighted by atomic mass is 19.1. The highest BCUT2D eigenvalue weighted by molar-refractivity contribution is 6.00. The number of nitrogens with zero attached hydrogens (tertiary/aromatic N) is 2. The Balaban J connectivity index is 1.63. The largest absolute Gasteiger partial charge is 0.466 e. The number of fused-ring (bicyclic) bond motifs is 1. The summed E-state index contributed by atoms with van der Waals surface area (Å²) in [5.41, 5.74) is 1.89. The number of benzene rings is 2. The summed E-state index contributed by atoms with van der Waals surface area (Å²) in [6.45, 7) is 2.28. The minimum absolute atomic E-state index is 0.121. The van der Waals surface area contributed by atoms with Gasteiger partial charge in [0.25, 0.3) is 0 Å². The van der Waals surface area contributed by atoms with Gasteiger partial charge in [0.05, 0.1) is 18.1 Å². The SMILES string of the molecule is CCOC(=O)[C@@H]1CC(=O)N(c2ccc3oc(-c4ccccc4F)nc3c2)C1. The van der Waals surface area contributed by atoms with E-state index >= 15 is 0 Å². The van der Waals surface area contributed by atoms with Crippen molar-refractivity contribution >= 4 is 28.7 Å². The fourth-order valence-electron chi connectivity index (χ4n) is 3.21. The number of esters is 1. The molecule has 1 atom stereocenters. The molecule has 3 aromatic rings. The summed E-state index contributed by atoms with van der Waals surface area (Å²) in [4.78, 5) is 30.1. The number of hydrogen-bond acceptors (Lipinski definition) is 5. The fourth-order valence-corrected chi connectivity index (χ4v) is 3.21. The third kappa shape index (κ3) is 3.16. The molecule has 6 nitrogen and oxygen atoms in total. The quantitative estimate of drug-likeness (QED) is 0.659. The number of anilines is 1. The maximum Gasteiger partial charge on any atom is 0.311 e. The molecular formula is C20H17FN2O4. The molecule has 4 rings (SSSR count). The molecule has 0 spiro atoms. The molecule has 138 valence electrons. The zero-order chi connectivity index (χ0) is 19.0. The van der Waals surface area contributed by atoms with Crippen molar-refractivity contribution in [2.24, 2.45) is 5.92 Å². The molecule has 0 radical (unpaired) electrons. The summed E-state index contributed by atoms with van der Waals surface area (Å²) in [5.74, 6) is -1.23. The van der Waals surface area contributed by atoms with E-state index in [-0.39, 0.29) is 42.9 Å². The third-order valence-electron chi connectivity index (χ3n) is 4.53. The molecule has 0 N–H and O–H groups in total. The van der Waals surface area contributed by atoms with E-state index in [9.17, 15) is 14.0 Å². The highest BCUT2D eigenvalue weighted by Crippen LogP contribution is 2.31. The van der Waals surface area contributed by atoms with Crippen LogP contribution < -0.4 is 4.90 Å². The Bertz CT molecular complexity index is 1030. The van der Waals surface area contributed by atoms with E-state index in [0.717, 1.165) is 0 Å². The third-order valence-corrected chi connectivity index (χ3v) is 4.53. The van der Waals surface area contributed by atoms with Crippen molar-refractivity contribution in [2.75, 3.05) is 18.1 Å². The van der Waals surface area contributed by atoms with Gasteiger partial charge in [-0.15, -0.1) is 0 Å². The van der Waals surface area contributed by atoms with Crippen LogP contribution in [0.15, 0.2) is 46.9 Å². The van der Waals surface area contributed by atoms with Crippen molar-refractivity contribution in [1.82, 2.24) is 4.98 Å².